The summed E-state index contributed by atoms with van der Waals surface area (Å²) in [6.07, 6.45) is 2.01. The van der Waals surface area contributed by atoms with E-state index in [-0.39, 0.29) is 5.88 Å². The molecule has 6 heteroatoms. The van der Waals surface area contributed by atoms with Crippen LogP contribution in [-0.2, 0) is 0 Å². The highest BCUT2D eigenvalue weighted by Gasteiger charge is 2.31. The number of nitrogens with zero attached hydrogens (tertiary/aromatic N) is 1. The molecule has 0 aromatic heterocycles. The van der Waals surface area contributed by atoms with Crippen LogP contribution >= 0.6 is 0 Å². The van der Waals surface area contributed by atoms with Gasteiger partial charge in [-0.25, -0.2) is 4.79 Å². The van der Waals surface area contributed by atoms with Gasteiger partial charge in [0.05, 0.1) is 18.1 Å². The summed E-state index contributed by atoms with van der Waals surface area (Å²) in [5.74, 6) is 0.638. The van der Waals surface area contributed by atoms with Crippen LogP contribution in [0.1, 0.15) is 52.7 Å². The highest BCUT2D eigenvalue weighted by molar-refractivity contribution is 5.91. The Hall–Kier alpha value is -4.24. The summed E-state index contributed by atoms with van der Waals surface area (Å²) in [4.78, 5) is 12.6. The van der Waals surface area contributed by atoms with Crippen LogP contribution < -0.4 is 19.9 Å². The molecule has 1 aliphatic rings. The molecule has 0 fully saturated rings. The molecule has 4 rings (SSSR count). The number of esters is 1. The minimum atomic E-state index is -0.464. The Balaban J connectivity index is 1.65. The average molecular weight is 455 g/mol. The fraction of sp³-hybridized carbons (Fsp3) is 0.214. The molecule has 1 unspecified atom stereocenters. The van der Waals surface area contributed by atoms with Gasteiger partial charge in [0.15, 0.2) is 0 Å². The van der Waals surface area contributed by atoms with Gasteiger partial charge in [0.2, 0.25) is 5.88 Å². The summed E-state index contributed by atoms with van der Waals surface area (Å²) in [6.45, 7) is 4.65. The lowest BCUT2D eigenvalue weighted by atomic mass is 9.83. The predicted molar refractivity (Wildman–Crippen MR) is 129 cm³/mol. The maximum absolute atomic E-state index is 12.6. The van der Waals surface area contributed by atoms with Crippen LogP contribution in [0.25, 0.3) is 0 Å². The van der Waals surface area contributed by atoms with Crippen molar-refractivity contribution in [2.75, 3.05) is 6.61 Å². The van der Waals surface area contributed by atoms with Crippen LogP contribution in [0.4, 0.5) is 0 Å². The topological polar surface area (TPSA) is 94.6 Å². The van der Waals surface area contributed by atoms with E-state index in [2.05, 4.69) is 13.0 Å². The quantitative estimate of drug-likeness (QED) is 0.283. The number of nitriles is 1. The average Bonchev–Trinajstić information content (AvgIpc) is 2.83. The van der Waals surface area contributed by atoms with Gasteiger partial charge in [0.1, 0.15) is 28.9 Å². The molecule has 3 aromatic carbocycles. The first-order valence-electron chi connectivity index (χ1n) is 11.2. The maximum Gasteiger partial charge on any atom is 0.343 e. The summed E-state index contributed by atoms with van der Waals surface area (Å²) in [5, 5.41) is 9.81. The Bertz CT molecular complexity index is 1290. The number of hydrogen-bond donors (Lipinski definition) is 1. The lowest BCUT2D eigenvalue weighted by molar-refractivity contribution is 0.0734. The third-order valence-electron chi connectivity index (χ3n) is 5.61. The van der Waals surface area contributed by atoms with Crippen molar-refractivity contribution in [1.29, 1.82) is 5.26 Å². The number of ether oxygens (including phenoxy) is 3. The second-order valence-electron chi connectivity index (χ2n) is 8.16. The van der Waals surface area contributed by atoms with Gasteiger partial charge >= 0.3 is 5.97 Å². The first-order chi connectivity index (χ1) is 16.5. The van der Waals surface area contributed by atoms with Gasteiger partial charge in [-0.3, -0.25) is 0 Å². The smallest absolute Gasteiger partial charge is 0.343 e. The molecular formula is C28H26N2O4. The Morgan fingerprint density at radius 2 is 1.91 bits per heavy atom. The number of allylic oxidation sites excluding steroid dienone is 1. The first kappa shape index (κ1) is 22.9. The summed E-state index contributed by atoms with van der Waals surface area (Å²) >= 11 is 0. The van der Waals surface area contributed by atoms with Crippen LogP contribution in [0.5, 0.6) is 17.2 Å². The van der Waals surface area contributed by atoms with E-state index in [4.69, 9.17) is 19.9 Å². The van der Waals surface area contributed by atoms with E-state index in [1.807, 2.05) is 43.3 Å². The molecule has 0 amide bonds. The van der Waals surface area contributed by atoms with Gasteiger partial charge in [-0.1, -0.05) is 49.2 Å². The predicted octanol–water partition coefficient (Wildman–Crippen LogP) is 5.61. The molecule has 3 aromatic rings. The van der Waals surface area contributed by atoms with Crippen molar-refractivity contribution in [3.05, 3.63) is 100 Å². The number of unbranched alkanes of at least 4 members (excludes halogenated alkanes) is 1. The molecule has 0 aliphatic carbocycles. The molecule has 6 nitrogen and oxygen atoms in total. The Kier molecular flexibility index (Phi) is 6.84. The lowest BCUT2D eigenvalue weighted by Gasteiger charge is -2.27. The zero-order valence-corrected chi connectivity index (χ0v) is 19.2. The highest BCUT2D eigenvalue weighted by Crippen LogP contribution is 2.44. The number of hydrogen-bond acceptors (Lipinski definition) is 6. The van der Waals surface area contributed by atoms with Crippen molar-refractivity contribution in [3.8, 4) is 23.3 Å². The molecule has 0 saturated heterocycles. The summed E-state index contributed by atoms with van der Waals surface area (Å²) in [5.41, 5.74) is 9.49. The Morgan fingerprint density at radius 1 is 1.09 bits per heavy atom. The number of carbonyl (C=O) groups is 1. The third-order valence-corrected chi connectivity index (χ3v) is 5.61. The van der Waals surface area contributed by atoms with E-state index in [0.717, 1.165) is 35.3 Å². The number of rotatable bonds is 7. The molecule has 0 bridgehead atoms. The number of fused-ring (bicyclic) bond motifs is 1. The fourth-order valence-electron chi connectivity index (χ4n) is 3.90. The number of benzene rings is 3. The molecule has 34 heavy (non-hydrogen) atoms. The van der Waals surface area contributed by atoms with E-state index >= 15 is 0 Å². The van der Waals surface area contributed by atoms with E-state index in [1.54, 1.807) is 30.3 Å². The monoisotopic (exact) mass is 454 g/mol. The molecule has 0 spiro atoms. The molecular weight excluding hydrogens is 428 g/mol. The van der Waals surface area contributed by atoms with Crippen molar-refractivity contribution in [2.45, 2.75) is 32.6 Å². The highest BCUT2D eigenvalue weighted by atomic mass is 16.5. The first-order valence-corrected chi connectivity index (χ1v) is 11.2. The van der Waals surface area contributed by atoms with Crippen molar-refractivity contribution >= 4 is 5.97 Å². The van der Waals surface area contributed by atoms with Crippen LogP contribution in [0.2, 0.25) is 0 Å². The van der Waals surface area contributed by atoms with E-state index in [0.29, 0.717) is 29.2 Å². The number of aryl methyl sites for hydroxylation is 1. The van der Waals surface area contributed by atoms with E-state index < -0.39 is 11.9 Å². The van der Waals surface area contributed by atoms with Crippen molar-refractivity contribution in [1.82, 2.24) is 0 Å². The summed E-state index contributed by atoms with van der Waals surface area (Å²) in [6, 6.07) is 22.1. The zero-order valence-electron chi connectivity index (χ0n) is 19.2. The molecule has 172 valence electrons. The second-order valence-corrected chi connectivity index (χ2v) is 8.16. The third kappa shape index (κ3) is 4.89. The van der Waals surface area contributed by atoms with E-state index in [1.165, 1.54) is 0 Å². The molecule has 1 aliphatic heterocycles. The van der Waals surface area contributed by atoms with Crippen LogP contribution in [0.3, 0.4) is 0 Å². The van der Waals surface area contributed by atoms with Crippen molar-refractivity contribution < 1.29 is 19.0 Å². The van der Waals surface area contributed by atoms with Crippen molar-refractivity contribution in [3.63, 3.8) is 0 Å². The van der Waals surface area contributed by atoms with Gasteiger partial charge in [0, 0.05) is 11.6 Å². The van der Waals surface area contributed by atoms with Crippen LogP contribution in [-0.4, -0.2) is 12.6 Å². The van der Waals surface area contributed by atoms with Crippen LogP contribution in [0.15, 0.2) is 78.2 Å². The standard InChI is InChI=1S/C28H26N2O4/c1-3-4-13-32-21-10-6-8-19(15-21)26-23-12-11-22(16-25(23)34-27(30)24(26)17-29)33-28(31)20-9-5-7-18(2)14-20/h5-12,14-16,26H,3-4,13,30H2,1-2H3. The number of carbonyl (C=O) groups excluding carboxylic acids is 1. The van der Waals surface area contributed by atoms with Gasteiger partial charge in [-0.2, -0.15) is 5.26 Å². The molecule has 0 radical (unpaired) electrons. The maximum atomic E-state index is 12.6. The van der Waals surface area contributed by atoms with Gasteiger partial charge < -0.3 is 19.9 Å². The molecule has 0 saturated carbocycles. The minimum Gasteiger partial charge on any atom is -0.494 e. The SMILES string of the molecule is CCCCOc1cccc(C2C(C#N)=C(N)Oc3cc(OC(=O)c4cccc(C)c4)ccc32)c1. The molecule has 2 N–H and O–H groups in total. The molecule has 1 heterocycles. The van der Waals surface area contributed by atoms with Crippen LogP contribution in [0, 0.1) is 18.3 Å². The Labute approximate surface area is 199 Å². The van der Waals surface area contributed by atoms with Gasteiger partial charge in [-0.15, -0.1) is 0 Å². The van der Waals surface area contributed by atoms with Crippen molar-refractivity contribution in [2.24, 2.45) is 5.73 Å². The Morgan fingerprint density at radius 3 is 2.68 bits per heavy atom. The van der Waals surface area contributed by atoms with Gasteiger partial charge in [-0.05, 0) is 49.2 Å². The largest absolute Gasteiger partial charge is 0.494 e. The normalized spacial score (nSPS) is 14.6. The number of nitrogens with two attached hydrogens (primary N) is 1. The molecule has 1 atom stereocenters. The zero-order chi connectivity index (χ0) is 24.1. The summed E-state index contributed by atoms with van der Waals surface area (Å²) in [7, 11) is 0. The summed E-state index contributed by atoms with van der Waals surface area (Å²) < 4.78 is 17.2. The fourth-order valence-corrected chi connectivity index (χ4v) is 3.90. The lowest BCUT2D eigenvalue weighted by Crippen LogP contribution is -2.21. The minimum absolute atomic E-state index is 0.0273. The van der Waals surface area contributed by atoms with E-state index in [9.17, 15) is 10.1 Å². The van der Waals surface area contributed by atoms with Gasteiger partial charge in [0.25, 0.3) is 0 Å². The second kappa shape index (κ2) is 10.1.